The molecule has 13 heavy (non-hydrogen) atoms. The van der Waals surface area contributed by atoms with E-state index in [2.05, 4.69) is 0 Å². The molecule has 1 aromatic heterocycles. The first-order valence-corrected chi connectivity index (χ1v) is 3.99. The van der Waals surface area contributed by atoms with E-state index in [-0.39, 0.29) is 5.75 Å². The van der Waals surface area contributed by atoms with Crippen molar-refractivity contribution in [3.8, 4) is 5.75 Å². The maximum absolute atomic E-state index is 11.3. The molecule has 4 heteroatoms. The lowest BCUT2D eigenvalue weighted by Crippen LogP contribution is -2.26. The highest BCUT2D eigenvalue weighted by molar-refractivity contribution is 5.71. The molecule has 0 saturated carbocycles. The van der Waals surface area contributed by atoms with Crippen LogP contribution < -0.4 is 0 Å². The molecule has 1 aromatic rings. The van der Waals surface area contributed by atoms with Crippen molar-refractivity contribution in [3.63, 3.8) is 0 Å². The van der Waals surface area contributed by atoms with E-state index in [0.29, 0.717) is 0 Å². The lowest BCUT2D eigenvalue weighted by Gasteiger charge is -2.19. The molecule has 0 aliphatic heterocycles. The fraction of sp³-hybridized carbons (Fsp3) is 0.444. The first-order valence-electron chi connectivity index (χ1n) is 3.99. The van der Waals surface area contributed by atoms with Crippen LogP contribution in [0.5, 0.6) is 5.75 Å². The highest BCUT2D eigenvalue weighted by Crippen LogP contribution is 2.12. The largest absolute Gasteiger partial charge is 0.506 e. The summed E-state index contributed by atoms with van der Waals surface area (Å²) in [4.78, 5) is 11.3. The second-order valence-corrected chi connectivity index (χ2v) is 3.76. The normalized spacial score (nSPS) is 11.3. The summed E-state index contributed by atoms with van der Waals surface area (Å²) in [6.07, 6.45) is 2.25. The molecule has 0 aliphatic rings. The maximum atomic E-state index is 11.3. The number of nitrogens with zero attached hydrogens (tertiary/aromatic N) is 1. The van der Waals surface area contributed by atoms with E-state index in [4.69, 9.17) is 9.84 Å². The molecular formula is C9H13NO3. The predicted molar refractivity (Wildman–Crippen MR) is 47.7 cm³/mol. The molecule has 72 valence electrons. The van der Waals surface area contributed by atoms with Gasteiger partial charge in [0.25, 0.3) is 0 Å². The van der Waals surface area contributed by atoms with Gasteiger partial charge in [0, 0.05) is 6.20 Å². The van der Waals surface area contributed by atoms with E-state index in [1.165, 1.54) is 23.0 Å². The van der Waals surface area contributed by atoms with Crippen LogP contribution in [0.3, 0.4) is 0 Å². The highest BCUT2D eigenvalue weighted by Gasteiger charge is 2.17. The molecule has 0 atom stereocenters. The number of carbonyl (C=O) groups excluding carboxylic acids is 1. The van der Waals surface area contributed by atoms with Gasteiger partial charge in [-0.1, -0.05) is 0 Å². The Kier molecular flexibility index (Phi) is 2.32. The zero-order valence-corrected chi connectivity index (χ0v) is 7.94. The van der Waals surface area contributed by atoms with E-state index in [1.807, 2.05) is 0 Å². The van der Waals surface area contributed by atoms with Crippen molar-refractivity contribution in [1.29, 1.82) is 0 Å². The zero-order valence-electron chi connectivity index (χ0n) is 7.94. The summed E-state index contributed by atoms with van der Waals surface area (Å²) in [6, 6.07) is 1.42. The van der Waals surface area contributed by atoms with Gasteiger partial charge < -0.3 is 9.84 Å². The van der Waals surface area contributed by atoms with Crippen LogP contribution in [0.2, 0.25) is 0 Å². The van der Waals surface area contributed by atoms with Gasteiger partial charge in [0.15, 0.2) is 0 Å². The monoisotopic (exact) mass is 183 g/mol. The number of carbonyl (C=O) groups is 1. The summed E-state index contributed by atoms with van der Waals surface area (Å²) < 4.78 is 6.25. The van der Waals surface area contributed by atoms with Crippen LogP contribution >= 0.6 is 0 Å². The number of rotatable bonds is 0. The molecule has 1 rings (SSSR count). The second-order valence-electron chi connectivity index (χ2n) is 3.76. The van der Waals surface area contributed by atoms with Gasteiger partial charge in [0.2, 0.25) is 0 Å². The molecule has 0 fully saturated rings. The Balaban J connectivity index is 2.70. The van der Waals surface area contributed by atoms with Crippen molar-refractivity contribution >= 4 is 6.09 Å². The van der Waals surface area contributed by atoms with Crippen molar-refractivity contribution in [2.24, 2.45) is 0 Å². The smallest absolute Gasteiger partial charge is 0.418 e. The molecule has 0 spiro atoms. The highest BCUT2D eigenvalue weighted by atomic mass is 16.6. The van der Waals surface area contributed by atoms with Crippen LogP contribution in [0.1, 0.15) is 20.8 Å². The molecule has 0 radical (unpaired) electrons. The third kappa shape index (κ3) is 2.82. The first kappa shape index (κ1) is 9.64. The minimum absolute atomic E-state index is 0.0471. The zero-order chi connectivity index (χ0) is 10.1. The van der Waals surface area contributed by atoms with Crippen LogP contribution in [-0.2, 0) is 4.74 Å². The Labute approximate surface area is 76.7 Å². The lowest BCUT2D eigenvalue weighted by atomic mass is 10.2. The number of aromatic nitrogens is 1. The second kappa shape index (κ2) is 3.12. The van der Waals surface area contributed by atoms with Crippen LogP contribution in [-0.4, -0.2) is 21.4 Å². The van der Waals surface area contributed by atoms with Gasteiger partial charge in [-0.25, -0.2) is 4.79 Å². The Morgan fingerprint density at radius 3 is 2.54 bits per heavy atom. The van der Waals surface area contributed by atoms with Crippen molar-refractivity contribution < 1.29 is 14.6 Å². The number of hydrogen-bond acceptors (Lipinski definition) is 3. The standard InChI is InChI=1S/C9H13NO3/c1-9(2,3)13-8(12)10-5-4-7(11)6-10/h4-6,11H,1-3H3. The van der Waals surface area contributed by atoms with Crippen molar-refractivity contribution in [2.45, 2.75) is 26.4 Å². The lowest BCUT2D eigenvalue weighted by molar-refractivity contribution is 0.0536. The summed E-state index contributed by atoms with van der Waals surface area (Å²) >= 11 is 0. The maximum Gasteiger partial charge on any atom is 0.418 e. The number of hydrogen-bond donors (Lipinski definition) is 1. The molecule has 0 aliphatic carbocycles. The SMILES string of the molecule is CC(C)(C)OC(=O)n1ccc(O)c1. The molecule has 0 saturated heterocycles. The molecule has 0 unspecified atom stereocenters. The summed E-state index contributed by atoms with van der Waals surface area (Å²) in [5.41, 5.74) is -0.517. The summed E-state index contributed by atoms with van der Waals surface area (Å²) in [5.74, 6) is 0.0471. The summed E-state index contributed by atoms with van der Waals surface area (Å²) in [6.45, 7) is 5.36. The van der Waals surface area contributed by atoms with E-state index < -0.39 is 11.7 Å². The van der Waals surface area contributed by atoms with E-state index in [0.717, 1.165) is 0 Å². The van der Waals surface area contributed by atoms with Gasteiger partial charge in [-0.05, 0) is 26.8 Å². The molecule has 0 bridgehead atoms. The van der Waals surface area contributed by atoms with Gasteiger partial charge in [-0.2, -0.15) is 0 Å². The molecular weight excluding hydrogens is 170 g/mol. The van der Waals surface area contributed by atoms with E-state index >= 15 is 0 Å². The molecule has 0 amide bonds. The topological polar surface area (TPSA) is 51.5 Å². The van der Waals surface area contributed by atoms with Crippen LogP contribution in [0, 0.1) is 0 Å². The van der Waals surface area contributed by atoms with Crippen molar-refractivity contribution in [3.05, 3.63) is 18.5 Å². The summed E-state index contributed by atoms with van der Waals surface area (Å²) in [7, 11) is 0. The average Bonchev–Trinajstić information content (AvgIpc) is 2.31. The predicted octanol–water partition coefficient (Wildman–Crippen LogP) is 1.98. The Bertz CT molecular complexity index is 309. The van der Waals surface area contributed by atoms with Gasteiger partial charge in [-0.15, -0.1) is 0 Å². The Morgan fingerprint density at radius 2 is 2.15 bits per heavy atom. The van der Waals surface area contributed by atoms with Gasteiger partial charge in [0.05, 0.1) is 6.20 Å². The average molecular weight is 183 g/mol. The quantitative estimate of drug-likeness (QED) is 0.669. The Morgan fingerprint density at radius 1 is 1.54 bits per heavy atom. The van der Waals surface area contributed by atoms with Crippen molar-refractivity contribution in [1.82, 2.24) is 4.57 Å². The molecule has 1 N–H and O–H groups in total. The number of ether oxygens (including phenoxy) is 1. The molecule has 0 aromatic carbocycles. The first-order chi connectivity index (χ1) is 5.88. The third-order valence-electron chi connectivity index (χ3n) is 1.28. The minimum atomic E-state index is -0.517. The van der Waals surface area contributed by atoms with Gasteiger partial charge in [-0.3, -0.25) is 4.57 Å². The molecule has 4 nitrogen and oxygen atoms in total. The third-order valence-corrected chi connectivity index (χ3v) is 1.28. The van der Waals surface area contributed by atoms with Crippen molar-refractivity contribution in [2.75, 3.05) is 0 Å². The summed E-state index contributed by atoms with van der Waals surface area (Å²) in [5, 5.41) is 8.97. The van der Waals surface area contributed by atoms with Crippen LogP contribution in [0.4, 0.5) is 4.79 Å². The van der Waals surface area contributed by atoms with Crippen LogP contribution in [0.15, 0.2) is 18.5 Å². The number of aromatic hydroxyl groups is 1. The fourth-order valence-electron chi connectivity index (χ4n) is 0.813. The van der Waals surface area contributed by atoms with E-state index in [1.54, 1.807) is 20.8 Å². The Hall–Kier alpha value is -1.45. The minimum Gasteiger partial charge on any atom is -0.506 e. The van der Waals surface area contributed by atoms with E-state index in [9.17, 15) is 4.79 Å². The van der Waals surface area contributed by atoms with Crippen LogP contribution in [0.25, 0.3) is 0 Å². The van der Waals surface area contributed by atoms with Gasteiger partial charge in [0.1, 0.15) is 11.4 Å². The molecule has 1 heterocycles. The van der Waals surface area contributed by atoms with Gasteiger partial charge >= 0.3 is 6.09 Å². The fourth-order valence-corrected chi connectivity index (χ4v) is 0.813.